The minimum Gasteiger partial charge on any atom is -0.490 e. The van der Waals surface area contributed by atoms with Crippen LogP contribution in [0, 0.1) is 6.92 Å². The maximum atomic E-state index is 13.0. The molecular weight excluding hydrogens is 401 g/mol. The van der Waals surface area contributed by atoms with Gasteiger partial charge < -0.3 is 9.47 Å². The van der Waals surface area contributed by atoms with Crippen LogP contribution in [0.1, 0.15) is 28.7 Å². The zero-order valence-electron chi connectivity index (χ0n) is 16.1. The number of halogens is 3. The maximum Gasteiger partial charge on any atom is 0.416 e. The number of aromatic nitrogens is 2. The first kappa shape index (κ1) is 21.1. The van der Waals surface area contributed by atoms with E-state index in [1.165, 1.54) is 25.1 Å². The van der Waals surface area contributed by atoms with Gasteiger partial charge in [-0.2, -0.15) is 18.3 Å². The van der Waals surface area contributed by atoms with Crippen LogP contribution in [0.15, 0.2) is 59.4 Å². The Bertz CT molecular complexity index is 1140. The summed E-state index contributed by atoms with van der Waals surface area (Å²) in [6.07, 6.45) is -4.55. The van der Waals surface area contributed by atoms with Crippen LogP contribution < -0.4 is 14.9 Å². The minimum atomic E-state index is -4.55. The molecule has 0 spiro atoms. The Labute approximate surface area is 169 Å². The quantitative estimate of drug-likeness (QED) is 0.459. The van der Waals surface area contributed by atoms with Crippen molar-refractivity contribution in [2.75, 3.05) is 6.61 Å². The second-order valence-corrected chi connectivity index (χ2v) is 6.23. The minimum absolute atomic E-state index is 0.0473. The number of aryl methyl sites for hydroxylation is 1. The molecule has 3 aromatic rings. The van der Waals surface area contributed by atoms with Gasteiger partial charge in [-0.15, -0.1) is 0 Å². The van der Waals surface area contributed by atoms with Crippen molar-refractivity contribution in [3.8, 4) is 17.2 Å². The molecule has 0 N–H and O–H groups in total. The van der Waals surface area contributed by atoms with E-state index in [1.54, 1.807) is 25.1 Å². The normalized spacial score (nSPS) is 11.2. The van der Waals surface area contributed by atoms with Gasteiger partial charge in [0.05, 0.1) is 17.9 Å². The average molecular weight is 418 g/mol. The zero-order valence-corrected chi connectivity index (χ0v) is 16.1. The Morgan fingerprint density at radius 1 is 1.07 bits per heavy atom. The van der Waals surface area contributed by atoms with E-state index in [-0.39, 0.29) is 17.1 Å². The standard InChI is InChI=1S/C21H17F3N2O4/c1-3-29-17-9-4-5-10-18(17)30-20(28)19-16(27)11-13(2)26(25-19)15-8-6-7-14(12-15)21(22,23)24/h4-12H,3H2,1-2H3. The predicted octanol–water partition coefficient (Wildman–Crippen LogP) is 4.18. The molecule has 9 heteroatoms. The highest BCUT2D eigenvalue weighted by Crippen LogP contribution is 2.30. The summed E-state index contributed by atoms with van der Waals surface area (Å²) in [6, 6.07) is 11.9. The van der Waals surface area contributed by atoms with Crippen LogP contribution in [-0.4, -0.2) is 22.4 Å². The van der Waals surface area contributed by atoms with Gasteiger partial charge in [-0.1, -0.05) is 18.2 Å². The molecule has 156 valence electrons. The lowest BCUT2D eigenvalue weighted by atomic mass is 10.2. The molecule has 2 aromatic carbocycles. The van der Waals surface area contributed by atoms with E-state index in [1.807, 2.05) is 0 Å². The van der Waals surface area contributed by atoms with Gasteiger partial charge in [0.25, 0.3) is 0 Å². The second kappa shape index (κ2) is 8.40. The molecule has 3 rings (SSSR count). The Hall–Kier alpha value is -3.62. The van der Waals surface area contributed by atoms with Gasteiger partial charge in [0, 0.05) is 11.8 Å². The second-order valence-electron chi connectivity index (χ2n) is 6.23. The van der Waals surface area contributed by atoms with Crippen molar-refractivity contribution in [3.63, 3.8) is 0 Å². The van der Waals surface area contributed by atoms with Gasteiger partial charge in [-0.05, 0) is 44.2 Å². The number of para-hydroxylation sites is 2. The van der Waals surface area contributed by atoms with Crippen molar-refractivity contribution in [3.05, 3.63) is 81.8 Å². The van der Waals surface area contributed by atoms with Crippen molar-refractivity contribution in [2.45, 2.75) is 20.0 Å². The van der Waals surface area contributed by atoms with E-state index in [2.05, 4.69) is 5.10 Å². The highest BCUT2D eigenvalue weighted by molar-refractivity contribution is 5.89. The monoisotopic (exact) mass is 418 g/mol. The van der Waals surface area contributed by atoms with E-state index in [0.717, 1.165) is 22.9 Å². The van der Waals surface area contributed by atoms with Crippen LogP contribution in [-0.2, 0) is 6.18 Å². The third-order valence-electron chi connectivity index (χ3n) is 4.07. The van der Waals surface area contributed by atoms with Crippen LogP contribution >= 0.6 is 0 Å². The van der Waals surface area contributed by atoms with Gasteiger partial charge in [0.1, 0.15) is 0 Å². The summed E-state index contributed by atoms with van der Waals surface area (Å²) in [5.41, 5.74) is -1.86. The molecule has 0 aliphatic carbocycles. The summed E-state index contributed by atoms with van der Waals surface area (Å²) in [4.78, 5) is 24.9. The first-order valence-corrected chi connectivity index (χ1v) is 8.93. The summed E-state index contributed by atoms with van der Waals surface area (Å²) in [6.45, 7) is 3.59. The van der Waals surface area contributed by atoms with Crippen LogP contribution in [0.4, 0.5) is 13.2 Å². The maximum absolute atomic E-state index is 13.0. The number of ether oxygens (including phenoxy) is 2. The summed E-state index contributed by atoms with van der Waals surface area (Å²) in [5, 5.41) is 3.96. The molecule has 0 unspecified atom stereocenters. The molecule has 6 nitrogen and oxygen atoms in total. The van der Waals surface area contributed by atoms with Crippen LogP contribution in [0.5, 0.6) is 11.5 Å². The number of nitrogens with zero attached hydrogens (tertiary/aromatic N) is 2. The molecule has 0 aliphatic heterocycles. The first-order valence-electron chi connectivity index (χ1n) is 8.93. The zero-order chi connectivity index (χ0) is 21.9. The molecule has 1 heterocycles. The fourth-order valence-corrected chi connectivity index (χ4v) is 2.72. The number of alkyl halides is 3. The molecule has 0 radical (unpaired) electrons. The number of carbonyl (C=O) groups excluding carboxylic acids is 1. The largest absolute Gasteiger partial charge is 0.490 e. The Morgan fingerprint density at radius 2 is 1.77 bits per heavy atom. The fourth-order valence-electron chi connectivity index (χ4n) is 2.72. The molecule has 30 heavy (non-hydrogen) atoms. The van der Waals surface area contributed by atoms with Crippen LogP contribution in [0.2, 0.25) is 0 Å². The Morgan fingerprint density at radius 3 is 2.43 bits per heavy atom. The van der Waals surface area contributed by atoms with Gasteiger partial charge in [-0.3, -0.25) is 4.79 Å². The molecule has 0 aliphatic rings. The molecule has 0 atom stereocenters. The lowest BCUT2D eigenvalue weighted by molar-refractivity contribution is -0.137. The van der Waals surface area contributed by atoms with Gasteiger partial charge in [0.15, 0.2) is 11.5 Å². The van der Waals surface area contributed by atoms with E-state index in [0.29, 0.717) is 12.4 Å². The number of hydrogen-bond donors (Lipinski definition) is 0. The van der Waals surface area contributed by atoms with E-state index >= 15 is 0 Å². The number of esters is 1. The lowest BCUT2D eigenvalue weighted by Gasteiger charge is -2.14. The summed E-state index contributed by atoms with van der Waals surface area (Å²) < 4.78 is 50.8. The van der Waals surface area contributed by atoms with E-state index < -0.39 is 28.8 Å². The third-order valence-corrected chi connectivity index (χ3v) is 4.07. The number of carbonyl (C=O) groups is 1. The van der Waals surface area contributed by atoms with Crippen molar-refractivity contribution in [1.29, 1.82) is 0 Å². The van der Waals surface area contributed by atoms with Gasteiger partial charge >= 0.3 is 12.1 Å². The van der Waals surface area contributed by atoms with Gasteiger partial charge in [-0.25, -0.2) is 9.48 Å². The van der Waals surface area contributed by atoms with E-state index in [4.69, 9.17) is 9.47 Å². The molecule has 0 saturated carbocycles. The number of hydrogen-bond acceptors (Lipinski definition) is 5. The smallest absolute Gasteiger partial charge is 0.416 e. The van der Waals surface area contributed by atoms with Crippen molar-refractivity contribution < 1.29 is 27.4 Å². The Balaban J connectivity index is 2.00. The Kier molecular flexibility index (Phi) is 5.91. The highest BCUT2D eigenvalue weighted by Gasteiger charge is 2.30. The van der Waals surface area contributed by atoms with Crippen molar-refractivity contribution in [2.24, 2.45) is 0 Å². The summed E-state index contributed by atoms with van der Waals surface area (Å²) in [5.74, 6) is -0.650. The first-order chi connectivity index (χ1) is 14.2. The molecule has 0 saturated heterocycles. The molecular formula is C21H17F3N2O4. The molecule has 1 aromatic heterocycles. The number of benzene rings is 2. The van der Waals surface area contributed by atoms with Crippen molar-refractivity contribution in [1.82, 2.24) is 9.78 Å². The van der Waals surface area contributed by atoms with Crippen LogP contribution in [0.25, 0.3) is 5.69 Å². The average Bonchev–Trinajstić information content (AvgIpc) is 2.69. The fraction of sp³-hybridized carbons (Fsp3) is 0.190. The lowest BCUT2D eigenvalue weighted by Crippen LogP contribution is -2.26. The third kappa shape index (κ3) is 4.51. The molecule has 0 bridgehead atoms. The SMILES string of the molecule is CCOc1ccccc1OC(=O)c1nn(-c2cccc(C(F)(F)F)c2)c(C)cc1=O. The summed E-state index contributed by atoms with van der Waals surface area (Å²) >= 11 is 0. The van der Waals surface area contributed by atoms with Crippen LogP contribution in [0.3, 0.4) is 0 Å². The van der Waals surface area contributed by atoms with E-state index in [9.17, 15) is 22.8 Å². The predicted molar refractivity (Wildman–Crippen MR) is 102 cm³/mol. The van der Waals surface area contributed by atoms with Gasteiger partial charge in [0.2, 0.25) is 11.1 Å². The summed E-state index contributed by atoms with van der Waals surface area (Å²) in [7, 11) is 0. The highest BCUT2D eigenvalue weighted by atomic mass is 19.4. The topological polar surface area (TPSA) is 70.4 Å². The molecule has 0 fully saturated rings. The number of rotatable bonds is 5. The van der Waals surface area contributed by atoms with Crippen molar-refractivity contribution >= 4 is 5.97 Å². The molecule has 0 amide bonds.